The van der Waals surface area contributed by atoms with E-state index in [1.54, 1.807) is 0 Å². The van der Waals surface area contributed by atoms with E-state index in [9.17, 15) is 4.79 Å². The summed E-state index contributed by atoms with van der Waals surface area (Å²) < 4.78 is 1.07. The molecule has 5 rings (SSSR count). The topological polar surface area (TPSA) is 58.0 Å². The molecule has 0 radical (unpaired) electrons. The number of aromatic nitrogens is 1. The van der Waals surface area contributed by atoms with Gasteiger partial charge >= 0.3 is 0 Å². The Morgan fingerprint density at radius 2 is 1.76 bits per heavy atom. The third-order valence-electron chi connectivity index (χ3n) is 8.28. The van der Waals surface area contributed by atoms with Gasteiger partial charge in [0, 0.05) is 40.1 Å². The van der Waals surface area contributed by atoms with Gasteiger partial charge in [0.15, 0.2) is 0 Å². The van der Waals surface area contributed by atoms with Crippen molar-refractivity contribution in [3.63, 3.8) is 0 Å². The molecule has 3 aromatic rings. The van der Waals surface area contributed by atoms with Crippen molar-refractivity contribution < 1.29 is 9.63 Å². The Morgan fingerprint density at radius 1 is 1.08 bits per heavy atom. The van der Waals surface area contributed by atoms with Crippen LogP contribution in [0.5, 0.6) is 0 Å². The predicted octanol–water partition coefficient (Wildman–Crippen LogP) is 6.45. The molecule has 38 heavy (non-hydrogen) atoms. The normalized spacial score (nSPS) is 19.1. The van der Waals surface area contributed by atoms with Gasteiger partial charge in [-0.1, -0.05) is 51.4 Å². The first-order chi connectivity index (χ1) is 18.4. The molecule has 0 N–H and O–H groups in total. The quantitative estimate of drug-likeness (QED) is 0.250. The lowest BCUT2D eigenvalue weighted by Gasteiger charge is -2.49. The van der Waals surface area contributed by atoms with Crippen molar-refractivity contribution >= 4 is 38.5 Å². The summed E-state index contributed by atoms with van der Waals surface area (Å²) in [5.74, 6) is 0.506. The number of carbonyl (C=O) groups is 1. The zero-order valence-electron chi connectivity index (χ0n) is 22.6. The van der Waals surface area contributed by atoms with E-state index < -0.39 is 0 Å². The van der Waals surface area contributed by atoms with Crippen LogP contribution in [0, 0.1) is 12.8 Å². The van der Waals surface area contributed by atoms with Gasteiger partial charge in [-0.2, -0.15) is 0 Å². The molecule has 0 bridgehead atoms. The van der Waals surface area contributed by atoms with Gasteiger partial charge in [0.05, 0.1) is 16.8 Å². The molecule has 0 aliphatic carbocycles. The number of oxime groups is 1. The summed E-state index contributed by atoms with van der Waals surface area (Å²) in [5.41, 5.74) is 4.84. The summed E-state index contributed by atoms with van der Waals surface area (Å²) in [6, 6.07) is 18.3. The summed E-state index contributed by atoms with van der Waals surface area (Å²) in [7, 11) is 0. The van der Waals surface area contributed by atoms with Gasteiger partial charge in [-0.3, -0.25) is 14.7 Å². The SMILES string of the molecule is CCON=C(c1ccc(Br)cc1)C1CCN(C2(C)CCN(C(=O)c3cc(C)nc4ccccc34)CC2)CC1. The number of pyridine rings is 1. The van der Waals surface area contributed by atoms with Gasteiger partial charge in [0.2, 0.25) is 0 Å². The molecule has 2 aliphatic heterocycles. The third kappa shape index (κ3) is 5.64. The van der Waals surface area contributed by atoms with Crippen LogP contribution in [-0.4, -0.2) is 64.7 Å². The van der Waals surface area contributed by atoms with Crippen molar-refractivity contribution in [1.29, 1.82) is 0 Å². The number of hydrogen-bond acceptors (Lipinski definition) is 5. The number of benzene rings is 2. The van der Waals surface area contributed by atoms with E-state index in [2.05, 4.69) is 62.2 Å². The summed E-state index contributed by atoms with van der Waals surface area (Å²) in [5, 5.41) is 5.48. The molecule has 6 nitrogen and oxygen atoms in total. The molecule has 2 aromatic carbocycles. The van der Waals surface area contributed by atoms with E-state index in [-0.39, 0.29) is 11.4 Å². The van der Waals surface area contributed by atoms with Gasteiger partial charge in [0.1, 0.15) is 6.61 Å². The molecule has 2 saturated heterocycles. The summed E-state index contributed by atoms with van der Waals surface area (Å²) in [6.07, 6.45) is 4.08. The van der Waals surface area contributed by atoms with E-state index >= 15 is 0 Å². The zero-order chi connectivity index (χ0) is 26.7. The Kier molecular flexibility index (Phi) is 8.15. The van der Waals surface area contributed by atoms with Crippen LogP contribution in [0.3, 0.4) is 0 Å². The maximum absolute atomic E-state index is 13.6. The minimum Gasteiger partial charge on any atom is -0.396 e. The van der Waals surface area contributed by atoms with Gasteiger partial charge < -0.3 is 9.74 Å². The standard InChI is InChI=1S/C31H37BrN4O2/c1-4-38-34-29(23-9-11-25(32)12-10-23)24-13-17-36(18-14-24)31(3)15-19-35(20-16-31)30(37)27-21-22(2)33-28-8-6-5-7-26(27)28/h5-12,21,24H,4,13-20H2,1-3H3. The van der Waals surface area contributed by atoms with E-state index in [4.69, 9.17) is 4.84 Å². The van der Waals surface area contributed by atoms with Crippen LogP contribution in [0.25, 0.3) is 10.9 Å². The number of hydrogen-bond donors (Lipinski definition) is 0. The number of likely N-dealkylation sites (tertiary alicyclic amines) is 2. The fourth-order valence-electron chi connectivity index (χ4n) is 5.97. The van der Waals surface area contributed by atoms with Gasteiger partial charge in [-0.25, -0.2) is 0 Å². The number of fused-ring (bicyclic) bond motifs is 1. The Labute approximate surface area is 234 Å². The fourth-order valence-corrected chi connectivity index (χ4v) is 6.24. The number of para-hydroxylation sites is 1. The van der Waals surface area contributed by atoms with Crippen LogP contribution >= 0.6 is 15.9 Å². The minimum atomic E-state index is 0.104. The van der Waals surface area contributed by atoms with Crippen LogP contribution in [0.2, 0.25) is 0 Å². The second-order valence-corrected chi connectivity index (χ2v) is 11.7. The molecular formula is C31H37BrN4O2. The molecular weight excluding hydrogens is 540 g/mol. The van der Waals surface area contributed by atoms with Crippen LogP contribution in [0.15, 0.2) is 64.2 Å². The van der Waals surface area contributed by atoms with Crippen molar-refractivity contribution in [2.24, 2.45) is 11.1 Å². The largest absolute Gasteiger partial charge is 0.396 e. The smallest absolute Gasteiger partial charge is 0.254 e. The fraction of sp³-hybridized carbons (Fsp3) is 0.452. The number of nitrogens with zero attached hydrogens (tertiary/aromatic N) is 4. The molecule has 1 amide bonds. The predicted molar refractivity (Wildman–Crippen MR) is 157 cm³/mol. The molecule has 1 aromatic heterocycles. The number of aryl methyl sites for hydroxylation is 1. The zero-order valence-corrected chi connectivity index (χ0v) is 24.2. The molecule has 7 heteroatoms. The first kappa shape index (κ1) is 26.8. The Morgan fingerprint density at radius 3 is 2.45 bits per heavy atom. The van der Waals surface area contributed by atoms with Gasteiger partial charge in [0.25, 0.3) is 5.91 Å². The van der Waals surface area contributed by atoms with Gasteiger partial charge in [-0.15, -0.1) is 0 Å². The molecule has 200 valence electrons. The number of piperidine rings is 2. The first-order valence-electron chi connectivity index (χ1n) is 13.7. The molecule has 2 aliphatic rings. The Hall–Kier alpha value is -2.77. The highest BCUT2D eigenvalue weighted by molar-refractivity contribution is 9.10. The van der Waals surface area contributed by atoms with Crippen LogP contribution in [0.1, 0.15) is 61.1 Å². The Balaban J connectivity index is 1.23. The second kappa shape index (κ2) is 11.5. The second-order valence-electron chi connectivity index (χ2n) is 10.8. The first-order valence-corrected chi connectivity index (χ1v) is 14.5. The summed E-state index contributed by atoms with van der Waals surface area (Å²) in [6.45, 7) is 10.5. The highest BCUT2D eigenvalue weighted by Gasteiger charge is 2.39. The number of rotatable bonds is 6. The molecule has 3 heterocycles. The molecule has 2 fully saturated rings. The van der Waals surface area contributed by atoms with Crippen LogP contribution in [-0.2, 0) is 4.84 Å². The van der Waals surface area contributed by atoms with E-state index in [0.717, 1.165) is 89.8 Å². The van der Waals surface area contributed by atoms with Crippen LogP contribution < -0.4 is 0 Å². The van der Waals surface area contributed by atoms with Crippen molar-refractivity contribution in [3.05, 3.63) is 75.9 Å². The van der Waals surface area contributed by atoms with Crippen molar-refractivity contribution in [2.75, 3.05) is 32.8 Å². The summed E-state index contributed by atoms with van der Waals surface area (Å²) in [4.78, 5) is 28.4. The number of carbonyl (C=O) groups excluding carboxylic acids is 1. The molecule has 0 atom stereocenters. The number of halogens is 1. The highest BCUT2D eigenvalue weighted by atomic mass is 79.9. The number of amides is 1. The lowest BCUT2D eigenvalue weighted by atomic mass is 9.82. The van der Waals surface area contributed by atoms with E-state index in [1.165, 1.54) is 0 Å². The van der Waals surface area contributed by atoms with Gasteiger partial charge in [-0.05, 0) is 89.4 Å². The van der Waals surface area contributed by atoms with E-state index in [1.807, 2.05) is 49.1 Å². The van der Waals surface area contributed by atoms with Crippen molar-refractivity contribution in [2.45, 2.75) is 52.0 Å². The molecule has 0 saturated carbocycles. The lowest BCUT2D eigenvalue weighted by molar-refractivity contribution is 0.0162. The lowest BCUT2D eigenvalue weighted by Crippen LogP contribution is -2.56. The maximum atomic E-state index is 13.6. The molecule has 0 spiro atoms. The highest BCUT2D eigenvalue weighted by Crippen LogP contribution is 2.34. The van der Waals surface area contributed by atoms with Crippen LogP contribution in [0.4, 0.5) is 0 Å². The van der Waals surface area contributed by atoms with E-state index in [0.29, 0.717) is 12.5 Å². The monoisotopic (exact) mass is 576 g/mol. The van der Waals surface area contributed by atoms with Crippen molar-refractivity contribution in [3.8, 4) is 0 Å². The maximum Gasteiger partial charge on any atom is 0.254 e. The third-order valence-corrected chi connectivity index (χ3v) is 8.81. The summed E-state index contributed by atoms with van der Waals surface area (Å²) >= 11 is 3.54. The average molecular weight is 578 g/mol. The minimum absolute atomic E-state index is 0.104. The molecule has 0 unspecified atom stereocenters. The Bertz CT molecular complexity index is 1310. The van der Waals surface area contributed by atoms with Crippen molar-refractivity contribution in [1.82, 2.24) is 14.8 Å². The average Bonchev–Trinajstić information content (AvgIpc) is 2.94.